The summed E-state index contributed by atoms with van der Waals surface area (Å²) in [7, 11) is 3.93. The van der Waals surface area contributed by atoms with Crippen LogP contribution in [0.5, 0.6) is 0 Å². The third-order valence-corrected chi connectivity index (χ3v) is 3.57. The molecule has 17 heavy (non-hydrogen) atoms. The van der Waals surface area contributed by atoms with E-state index in [-0.39, 0.29) is 0 Å². The summed E-state index contributed by atoms with van der Waals surface area (Å²) in [5.41, 5.74) is 7.89. The molecule has 1 aromatic carbocycles. The Morgan fingerprint density at radius 1 is 1.18 bits per heavy atom. The summed E-state index contributed by atoms with van der Waals surface area (Å²) in [4.78, 5) is 1.96. The second-order valence-electron chi connectivity index (χ2n) is 4.02. The van der Waals surface area contributed by atoms with E-state index in [4.69, 9.17) is 5.73 Å². The molecular weight excluding hydrogens is 232 g/mol. The van der Waals surface area contributed by atoms with Crippen molar-refractivity contribution in [3.63, 3.8) is 0 Å². The van der Waals surface area contributed by atoms with Crippen molar-refractivity contribution in [2.45, 2.75) is 6.42 Å². The first-order valence-electron chi connectivity index (χ1n) is 5.51. The van der Waals surface area contributed by atoms with E-state index in [2.05, 4.69) is 34.5 Å². The van der Waals surface area contributed by atoms with E-state index < -0.39 is 0 Å². The molecule has 0 saturated carbocycles. The number of hydrogen-bond donors (Lipinski definition) is 1. The van der Waals surface area contributed by atoms with Crippen molar-refractivity contribution in [3.8, 4) is 10.6 Å². The lowest BCUT2D eigenvalue weighted by molar-refractivity contribution is 0.969. The van der Waals surface area contributed by atoms with Crippen LogP contribution in [0.4, 0.5) is 5.13 Å². The quantitative estimate of drug-likeness (QED) is 0.896. The van der Waals surface area contributed by atoms with Gasteiger partial charge in [-0.3, -0.25) is 0 Å². The number of benzene rings is 1. The van der Waals surface area contributed by atoms with Gasteiger partial charge in [-0.25, -0.2) is 0 Å². The molecule has 0 saturated heterocycles. The first kappa shape index (κ1) is 12.0. The van der Waals surface area contributed by atoms with Gasteiger partial charge in [-0.1, -0.05) is 35.6 Å². The Morgan fingerprint density at radius 2 is 1.88 bits per heavy atom. The van der Waals surface area contributed by atoms with E-state index in [9.17, 15) is 0 Å². The van der Waals surface area contributed by atoms with E-state index in [0.717, 1.165) is 22.1 Å². The molecule has 0 bridgehead atoms. The maximum atomic E-state index is 5.52. The number of nitrogens with two attached hydrogens (primary N) is 1. The molecule has 0 radical (unpaired) electrons. The van der Waals surface area contributed by atoms with Crippen molar-refractivity contribution in [3.05, 3.63) is 29.8 Å². The number of aromatic nitrogens is 2. The van der Waals surface area contributed by atoms with E-state index in [1.165, 1.54) is 5.56 Å². The van der Waals surface area contributed by atoms with Crippen molar-refractivity contribution in [2.75, 3.05) is 25.5 Å². The number of nitrogens with zero attached hydrogens (tertiary/aromatic N) is 3. The maximum Gasteiger partial charge on any atom is 0.208 e. The predicted octanol–water partition coefficient (Wildman–Crippen LogP) is 1.77. The van der Waals surface area contributed by atoms with Crippen molar-refractivity contribution in [1.29, 1.82) is 0 Å². The zero-order chi connectivity index (χ0) is 12.3. The minimum absolute atomic E-state index is 0.683. The largest absolute Gasteiger partial charge is 0.353 e. The van der Waals surface area contributed by atoms with Crippen LogP contribution in [0.25, 0.3) is 10.6 Å². The molecule has 0 spiro atoms. The molecule has 0 unspecified atom stereocenters. The lowest BCUT2D eigenvalue weighted by atomic mass is 10.1. The van der Waals surface area contributed by atoms with Crippen LogP contribution >= 0.6 is 11.3 Å². The van der Waals surface area contributed by atoms with Gasteiger partial charge in [0.05, 0.1) is 0 Å². The molecule has 1 heterocycles. The van der Waals surface area contributed by atoms with E-state index in [1.807, 2.05) is 19.0 Å². The lowest BCUT2D eigenvalue weighted by Gasteiger charge is -2.04. The van der Waals surface area contributed by atoms with Crippen LogP contribution in [0, 0.1) is 0 Å². The van der Waals surface area contributed by atoms with Crippen molar-refractivity contribution in [2.24, 2.45) is 5.73 Å². The fourth-order valence-corrected chi connectivity index (χ4v) is 2.27. The molecule has 4 nitrogen and oxygen atoms in total. The van der Waals surface area contributed by atoms with Gasteiger partial charge in [-0.05, 0) is 18.5 Å². The van der Waals surface area contributed by atoms with Crippen LogP contribution in [-0.4, -0.2) is 30.8 Å². The molecule has 5 heteroatoms. The molecule has 1 aromatic heterocycles. The van der Waals surface area contributed by atoms with Crippen LogP contribution in [0.2, 0.25) is 0 Å². The SMILES string of the molecule is CN(C)c1nnc(-c2ccc(CCN)cc2)s1. The molecule has 90 valence electrons. The third-order valence-electron chi connectivity index (χ3n) is 2.43. The zero-order valence-corrected chi connectivity index (χ0v) is 10.9. The van der Waals surface area contributed by atoms with E-state index >= 15 is 0 Å². The Labute approximate surface area is 105 Å². The summed E-state index contributed by atoms with van der Waals surface area (Å²) < 4.78 is 0. The van der Waals surface area contributed by atoms with Crippen LogP contribution in [0.3, 0.4) is 0 Å². The molecule has 0 fully saturated rings. The molecule has 2 rings (SSSR count). The second-order valence-corrected chi connectivity index (χ2v) is 4.98. The van der Waals surface area contributed by atoms with Gasteiger partial charge in [-0.2, -0.15) is 0 Å². The highest BCUT2D eigenvalue weighted by molar-refractivity contribution is 7.18. The Bertz CT molecular complexity index is 476. The standard InChI is InChI=1S/C12H16N4S/c1-16(2)12-15-14-11(17-12)10-5-3-9(4-6-10)7-8-13/h3-6H,7-8,13H2,1-2H3. The summed E-state index contributed by atoms with van der Waals surface area (Å²) in [6.07, 6.45) is 0.916. The van der Waals surface area contributed by atoms with Crippen LogP contribution in [0.15, 0.2) is 24.3 Å². The van der Waals surface area contributed by atoms with Gasteiger partial charge in [0.2, 0.25) is 5.13 Å². The van der Waals surface area contributed by atoms with E-state index in [0.29, 0.717) is 6.54 Å². The highest BCUT2D eigenvalue weighted by Crippen LogP contribution is 2.27. The highest BCUT2D eigenvalue weighted by Gasteiger charge is 2.07. The molecule has 2 N–H and O–H groups in total. The molecule has 2 aromatic rings. The number of rotatable bonds is 4. The minimum atomic E-state index is 0.683. The number of hydrogen-bond acceptors (Lipinski definition) is 5. The first-order valence-corrected chi connectivity index (χ1v) is 6.32. The Hall–Kier alpha value is -1.46. The maximum absolute atomic E-state index is 5.52. The van der Waals surface area contributed by atoms with Gasteiger partial charge in [-0.15, -0.1) is 10.2 Å². The summed E-state index contributed by atoms with van der Waals surface area (Å²) >= 11 is 1.59. The van der Waals surface area contributed by atoms with Gasteiger partial charge in [0.15, 0.2) is 0 Å². The lowest BCUT2D eigenvalue weighted by Crippen LogP contribution is -2.07. The van der Waals surface area contributed by atoms with Crippen molar-refractivity contribution in [1.82, 2.24) is 10.2 Å². The topological polar surface area (TPSA) is 55.0 Å². The van der Waals surface area contributed by atoms with Crippen LogP contribution in [-0.2, 0) is 6.42 Å². The Morgan fingerprint density at radius 3 is 2.41 bits per heavy atom. The summed E-state index contributed by atoms with van der Waals surface area (Å²) in [5, 5.41) is 10.2. The van der Waals surface area contributed by atoms with Crippen molar-refractivity contribution >= 4 is 16.5 Å². The van der Waals surface area contributed by atoms with E-state index in [1.54, 1.807) is 11.3 Å². The third kappa shape index (κ3) is 2.81. The Kier molecular flexibility index (Phi) is 3.71. The summed E-state index contributed by atoms with van der Waals surface area (Å²) in [6, 6.07) is 8.34. The summed E-state index contributed by atoms with van der Waals surface area (Å²) in [5.74, 6) is 0. The predicted molar refractivity (Wildman–Crippen MR) is 72.4 cm³/mol. The second kappa shape index (κ2) is 5.25. The molecule has 0 atom stereocenters. The van der Waals surface area contributed by atoms with Gasteiger partial charge >= 0.3 is 0 Å². The minimum Gasteiger partial charge on any atom is -0.353 e. The van der Waals surface area contributed by atoms with Crippen LogP contribution < -0.4 is 10.6 Å². The van der Waals surface area contributed by atoms with Crippen LogP contribution in [0.1, 0.15) is 5.56 Å². The van der Waals surface area contributed by atoms with Crippen molar-refractivity contribution < 1.29 is 0 Å². The molecule has 0 aliphatic carbocycles. The van der Waals surface area contributed by atoms with Gasteiger partial charge in [0, 0.05) is 19.7 Å². The molecular formula is C12H16N4S. The van der Waals surface area contributed by atoms with Gasteiger partial charge in [0.25, 0.3) is 0 Å². The fourth-order valence-electron chi connectivity index (χ4n) is 1.49. The first-order chi connectivity index (χ1) is 8.20. The number of anilines is 1. The smallest absolute Gasteiger partial charge is 0.208 e. The Balaban J connectivity index is 2.21. The molecule has 0 aliphatic rings. The average molecular weight is 248 g/mol. The monoisotopic (exact) mass is 248 g/mol. The zero-order valence-electron chi connectivity index (χ0n) is 10.1. The van der Waals surface area contributed by atoms with Gasteiger partial charge in [0.1, 0.15) is 5.01 Å². The summed E-state index contributed by atoms with van der Waals surface area (Å²) in [6.45, 7) is 0.683. The highest BCUT2D eigenvalue weighted by atomic mass is 32.1. The molecule has 0 aliphatic heterocycles. The average Bonchev–Trinajstić information content (AvgIpc) is 2.80. The molecule has 0 amide bonds. The fraction of sp³-hybridized carbons (Fsp3) is 0.333. The van der Waals surface area contributed by atoms with Gasteiger partial charge < -0.3 is 10.6 Å². The normalized spacial score (nSPS) is 10.5.